The maximum Gasteiger partial charge on any atom is 0.263 e. The highest BCUT2D eigenvalue weighted by Crippen LogP contribution is 2.19. The Bertz CT molecular complexity index is 641. The zero-order valence-electron chi connectivity index (χ0n) is 12.1. The number of rotatable bonds is 5. The lowest BCUT2D eigenvalue weighted by Gasteiger charge is -2.10. The summed E-state index contributed by atoms with van der Waals surface area (Å²) >= 11 is 0. The van der Waals surface area contributed by atoms with Gasteiger partial charge in [0.25, 0.3) is 5.91 Å². The summed E-state index contributed by atoms with van der Waals surface area (Å²) in [5.41, 5.74) is 2.56. The fourth-order valence-electron chi connectivity index (χ4n) is 1.82. The summed E-state index contributed by atoms with van der Waals surface area (Å²) < 4.78 is 5.52. The molecule has 0 fully saturated rings. The molecule has 0 unspecified atom stereocenters. The Hall–Kier alpha value is -2.40. The van der Waals surface area contributed by atoms with Gasteiger partial charge in [-0.2, -0.15) is 0 Å². The average molecular weight is 286 g/mol. The fourth-order valence-corrected chi connectivity index (χ4v) is 1.82. The van der Waals surface area contributed by atoms with E-state index in [2.05, 4.69) is 10.3 Å². The number of nitrogens with one attached hydrogen (secondary N) is 1. The van der Waals surface area contributed by atoms with Crippen molar-refractivity contribution in [2.75, 3.05) is 11.9 Å². The SMILES string of the molecule is Cc1ccc(C)c(OCC(=O)Nc2cccc(CO)n2)c1. The molecule has 0 saturated carbocycles. The third-order valence-corrected chi connectivity index (χ3v) is 2.94. The van der Waals surface area contributed by atoms with Crippen LogP contribution >= 0.6 is 0 Å². The molecule has 0 aliphatic heterocycles. The average Bonchev–Trinajstić information content (AvgIpc) is 2.48. The zero-order valence-corrected chi connectivity index (χ0v) is 12.1. The minimum Gasteiger partial charge on any atom is -0.483 e. The van der Waals surface area contributed by atoms with Crippen LogP contribution in [0.5, 0.6) is 5.75 Å². The number of hydrogen-bond donors (Lipinski definition) is 2. The third-order valence-electron chi connectivity index (χ3n) is 2.94. The monoisotopic (exact) mass is 286 g/mol. The molecule has 0 bridgehead atoms. The Kier molecular flexibility index (Phi) is 4.90. The van der Waals surface area contributed by atoms with Crippen LogP contribution < -0.4 is 10.1 Å². The number of pyridine rings is 1. The summed E-state index contributed by atoms with van der Waals surface area (Å²) in [7, 11) is 0. The van der Waals surface area contributed by atoms with E-state index < -0.39 is 0 Å². The summed E-state index contributed by atoms with van der Waals surface area (Å²) in [6, 6.07) is 10.9. The van der Waals surface area contributed by atoms with Crippen LogP contribution in [-0.4, -0.2) is 22.6 Å². The second-order valence-corrected chi connectivity index (χ2v) is 4.78. The topological polar surface area (TPSA) is 71.5 Å². The zero-order chi connectivity index (χ0) is 15.2. The summed E-state index contributed by atoms with van der Waals surface area (Å²) in [6.07, 6.45) is 0. The van der Waals surface area contributed by atoms with E-state index in [-0.39, 0.29) is 19.1 Å². The predicted octanol–water partition coefficient (Wildman–Crippen LogP) is 2.21. The largest absolute Gasteiger partial charge is 0.483 e. The van der Waals surface area contributed by atoms with Gasteiger partial charge in [-0.05, 0) is 43.2 Å². The normalized spacial score (nSPS) is 10.2. The van der Waals surface area contributed by atoms with Crippen LogP contribution in [0, 0.1) is 13.8 Å². The van der Waals surface area contributed by atoms with Gasteiger partial charge in [0.2, 0.25) is 0 Å². The standard InChI is InChI=1S/C16H18N2O3/c1-11-6-7-12(2)14(8-11)21-10-16(20)18-15-5-3-4-13(9-19)17-15/h3-8,19H,9-10H2,1-2H3,(H,17,18,20). The number of aliphatic hydroxyl groups is 1. The molecular weight excluding hydrogens is 268 g/mol. The van der Waals surface area contributed by atoms with Crippen molar-refractivity contribution in [3.05, 3.63) is 53.2 Å². The van der Waals surface area contributed by atoms with Crippen molar-refractivity contribution in [3.8, 4) is 5.75 Å². The lowest BCUT2D eigenvalue weighted by atomic mass is 10.1. The van der Waals surface area contributed by atoms with Crippen LogP contribution in [0.15, 0.2) is 36.4 Å². The van der Waals surface area contributed by atoms with Crippen LogP contribution in [0.4, 0.5) is 5.82 Å². The van der Waals surface area contributed by atoms with Crippen LogP contribution in [0.1, 0.15) is 16.8 Å². The van der Waals surface area contributed by atoms with Crippen molar-refractivity contribution < 1.29 is 14.6 Å². The summed E-state index contributed by atoms with van der Waals surface area (Å²) in [5, 5.41) is 11.6. The molecule has 1 heterocycles. The molecule has 2 aromatic rings. The number of aromatic nitrogens is 1. The molecule has 1 aromatic heterocycles. The molecule has 21 heavy (non-hydrogen) atoms. The van der Waals surface area contributed by atoms with E-state index in [0.29, 0.717) is 17.3 Å². The van der Waals surface area contributed by atoms with Gasteiger partial charge < -0.3 is 15.2 Å². The highest BCUT2D eigenvalue weighted by molar-refractivity contribution is 5.90. The second-order valence-electron chi connectivity index (χ2n) is 4.78. The van der Waals surface area contributed by atoms with Gasteiger partial charge in [-0.1, -0.05) is 18.2 Å². The summed E-state index contributed by atoms with van der Waals surface area (Å²) in [4.78, 5) is 15.9. The first-order valence-corrected chi connectivity index (χ1v) is 6.65. The van der Waals surface area contributed by atoms with Gasteiger partial charge in [-0.3, -0.25) is 4.79 Å². The molecule has 0 radical (unpaired) electrons. The number of aliphatic hydroxyl groups excluding tert-OH is 1. The van der Waals surface area contributed by atoms with E-state index in [1.807, 2.05) is 32.0 Å². The number of ether oxygens (including phenoxy) is 1. The van der Waals surface area contributed by atoms with E-state index in [1.54, 1.807) is 18.2 Å². The maximum atomic E-state index is 11.8. The smallest absolute Gasteiger partial charge is 0.263 e. The molecule has 1 aromatic carbocycles. The highest BCUT2D eigenvalue weighted by atomic mass is 16.5. The molecule has 5 nitrogen and oxygen atoms in total. The first-order valence-electron chi connectivity index (χ1n) is 6.65. The van der Waals surface area contributed by atoms with E-state index in [9.17, 15) is 4.79 Å². The number of carbonyl (C=O) groups excluding carboxylic acids is 1. The van der Waals surface area contributed by atoms with Crippen molar-refractivity contribution in [2.45, 2.75) is 20.5 Å². The summed E-state index contributed by atoms with van der Waals surface area (Å²) in [6.45, 7) is 3.65. The Labute approximate surface area is 123 Å². The minimum atomic E-state index is -0.293. The lowest BCUT2D eigenvalue weighted by molar-refractivity contribution is -0.118. The lowest BCUT2D eigenvalue weighted by Crippen LogP contribution is -2.21. The number of amides is 1. The van der Waals surface area contributed by atoms with Crippen molar-refractivity contribution in [2.24, 2.45) is 0 Å². The van der Waals surface area contributed by atoms with Crippen LogP contribution in [-0.2, 0) is 11.4 Å². The van der Waals surface area contributed by atoms with Crippen molar-refractivity contribution >= 4 is 11.7 Å². The number of benzene rings is 1. The third kappa shape index (κ3) is 4.29. The van der Waals surface area contributed by atoms with Gasteiger partial charge in [0, 0.05) is 0 Å². The number of hydrogen-bond acceptors (Lipinski definition) is 4. The molecule has 5 heteroatoms. The van der Waals surface area contributed by atoms with Crippen LogP contribution in [0.2, 0.25) is 0 Å². The van der Waals surface area contributed by atoms with E-state index in [4.69, 9.17) is 9.84 Å². The first-order chi connectivity index (χ1) is 10.1. The van der Waals surface area contributed by atoms with Gasteiger partial charge in [0.15, 0.2) is 6.61 Å². The Morgan fingerprint density at radius 2 is 2.10 bits per heavy atom. The number of anilines is 1. The minimum absolute atomic E-state index is 0.0880. The van der Waals surface area contributed by atoms with E-state index in [0.717, 1.165) is 11.1 Å². The molecule has 0 atom stereocenters. The molecule has 110 valence electrons. The van der Waals surface area contributed by atoms with Gasteiger partial charge in [0.05, 0.1) is 12.3 Å². The van der Waals surface area contributed by atoms with E-state index in [1.165, 1.54) is 0 Å². The van der Waals surface area contributed by atoms with Crippen molar-refractivity contribution in [3.63, 3.8) is 0 Å². The molecule has 2 N–H and O–H groups in total. The molecule has 0 aliphatic rings. The Balaban J connectivity index is 1.94. The summed E-state index contributed by atoms with van der Waals surface area (Å²) in [5.74, 6) is 0.803. The molecule has 1 amide bonds. The molecule has 0 aliphatic carbocycles. The number of carbonyl (C=O) groups is 1. The maximum absolute atomic E-state index is 11.8. The molecule has 0 saturated heterocycles. The van der Waals surface area contributed by atoms with Gasteiger partial charge in [-0.25, -0.2) is 4.98 Å². The molecule has 2 rings (SSSR count). The second kappa shape index (κ2) is 6.85. The van der Waals surface area contributed by atoms with E-state index >= 15 is 0 Å². The predicted molar refractivity (Wildman–Crippen MR) is 80.2 cm³/mol. The van der Waals surface area contributed by atoms with Crippen molar-refractivity contribution in [1.29, 1.82) is 0 Å². The number of aryl methyl sites for hydroxylation is 2. The number of nitrogens with zero attached hydrogens (tertiary/aromatic N) is 1. The van der Waals surface area contributed by atoms with Gasteiger partial charge in [0.1, 0.15) is 11.6 Å². The molecule has 0 spiro atoms. The van der Waals surface area contributed by atoms with Crippen LogP contribution in [0.3, 0.4) is 0 Å². The Morgan fingerprint density at radius 3 is 2.86 bits per heavy atom. The quantitative estimate of drug-likeness (QED) is 0.884. The van der Waals surface area contributed by atoms with Gasteiger partial charge >= 0.3 is 0 Å². The Morgan fingerprint density at radius 1 is 1.29 bits per heavy atom. The molecular formula is C16H18N2O3. The fraction of sp³-hybridized carbons (Fsp3) is 0.250. The van der Waals surface area contributed by atoms with Crippen LogP contribution in [0.25, 0.3) is 0 Å². The van der Waals surface area contributed by atoms with Gasteiger partial charge in [-0.15, -0.1) is 0 Å². The highest BCUT2D eigenvalue weighted by Gasteiger charge is 2.07. The van der Waals surface area contributed by atoms with Crippen molar-refractivity contribution in [1.82, 2.24) is 4.98 Å². The first kappa shape index (κ1) is 15.0.